The fourth-order valence-corrected chi connectivity index (χ4v) is 7.94. The summed E-state index contributed by atoms with van der Waals surface area (Å²) < 4.78 is 2.31. The quantitative estimate of drug-likeness (QED) is 0.151. The zero-order valence-electron chi connectivity index (χ0n) is 32.7. The molecule has 0 spiro atoms. The largest absolute Gasteiger partial charge is 0.308 e. The predicted molar refractivity (Wildman–Crippen MR) is 243 cm³/mol. The Morgan fingerprint density at radius 3 is 1.16 bits per heavy atom. The van der Waals surface area contributed by atoms with Crippen LogP contribution in [0.1, 0.15) is 0 Å². The Bertz CT molecular complexity index is 3080. The third kappa shape index (κ3) is 6.68. The minimum atomic E-state index is 0.518. The number of hydrogen-bond acceptors (Lipinski definition) is 7. The molecule has 4 heterocycles. The molecular weight excluding hydrogens is 749 g/mol. The summed E-state index contributed by atoms with van der Waals surface area (Å²) in [7, 11) is 0. The maximum atomic E-state index is 5.25. The summed E-state index contributed by atoms with van der Waals surface area (Å²) in [6.07, 6.45) is 3.66. The number of fused-ring (bicyclic) bond motifs is 3. The van der Waals surface area contributed by atoms with Gasteiger partial charge in [-0.05, 0) is 53.6 Å². The first-order chi connectivity index (χ1) is 30.2. The van der Waals surface area contributed by atoms with Crippen molar-refractivity contribution in [3.63, 3.8) is 0 Å². The maximum Gasteiger partial charge on any atom is 0.166 e. The zero-order chi connectivity index (χ0) is 40.5. The molecule has 8 heteroatoms. The first-order valence-electron chi connectivity index (χ1n) is 20.1. The van der Waals surface area contributed by atoms with Crippen LogP contribution in [0.15, 0.2) is 207 Å². The average Bonchev–Trinajstić information content (AvgIpc) is 3.68. The van der Waals surface area contributed by atoms with Gasteiger partial charge in [-0.15, -0.1) is 0 Å². The molecule has 0 aliphatic heterocycles. The van der Waals surface area contributed by atoms with E-state index in [0.717, 1.165) is 72.0 Å². The highest BCUT2D eigenvalue weighted by atomic mass is 15.1. The molecule has 11 aromatic rings. The summed E-state index contributed by atoms with van der Waals surface area (Å²) >= 11 is 0. The Morgan fingerprint density at radius 2 is 0.689 bits per heavy atom. The van der Waals surface area contributed by atoms with Gasteiger partial charge in [0.1, 0.15) is 0 Å². The van der Waals surface area contributed by atoms with E-state index in [1.165, 1.54) is 0 Å². The van der Waals surface area contributed by atoms with Crippen LogP contribution in [0.2, 0.25) is 0 Å². The van der Waals surface area contributed by atoms with Crippen LogP contribution in [-0.2, 0) is 0 Å². The number of pyridine rings is 1. The van der Waals surface area contributed by atoms with Gasteiger partial charge < -0.3 is 4.57 Å². The van der Waals surface area contributed by atoms with E-state index in [4.69, 9.17) is 29.9 Å². The molecule has 0 amide bonds. The Kier molecular flexibility index (Phi) is 8.98. The molecule has 0 atom stereocenters. The monoisotopic (exact) mass is 782 g/mol. The normalized spacial score (nSPS) is 11.3. The highest BCUT2D eigenvalue weighted by molar-refractivity contribution is 6.11. The first-order valence-corrected chi connectivity index (χ1v) is 20.1. The second-order valence-electron chi connectivity index (χ2n) is 14.6. The van der Waals surface area contributed by atoms with Gasteiger partial charge in [-0.1, -0.05) is 152 Å². The van der Waals surface area contributed by atoms with Crippen molar-refractivity contribution in [2.45, 2.75) is 0 Å². The van der Waals surface area contributed by atoms with Gasteiger partial charge in [-0.3, -0.25) is 4.98 Å². The van der Waals surface area contributed by atoms with Crippen molar-refractivity contribution in [1.82, 2.24) is 39.5 Å². The Morgan fingerprint density at radius 1 is 0.279 bits per heavy atom. The summed E-state index contributed by atoms with van der Waals surface area (Å²) in [6.45, 7) is 0. The molecule has 0 fully saturated rings. The van der Waals surface area contributed by atoms with Gasteiger partial charge in [0, 0.05) is 56.5 Å². The van der Waals surface area contributed by atoms with E-state index >= 15 is 0 Å². The molecule has 61 heavy (non-hydrogen) atoms. The third-order valence-corrected chi connectivity index (χ3v) is 10.8. The van der Waals surface area contributed by atoms with E-state index in [1.807, 2.05) is 152 Å². The van der Waals surface area contributed by atoms with Crippen molar-refractivity contribution in [3.8, 4) is 85.1 Å². The minimum Gasteiger partial charge on any atom is -0.308 e. The van der Waals surface area contributed by atoms with E-state index in [0.29, 0.717) is 34.9 Å². The van der Waals surface area contributed by atoms with E-state index in [-0.39, 0.29) is 0 Å². The molecule has 0 unspecified atom stereocenters. The second-order valence-corrected chi connectivity index (χ2v) is 14.6. The van der Waals surface area contributed by atoms with Crippen molar-refractivity contribution in [1.29, 1.82) is 0 Å². The lowest BCUT2D eigenvalue weighted by atomic mass is 10.0. The van der Waals surface area contributed by atoms with Crippen LogP contribution < -0.4 is 0 Å². The SMILES string of the molecule is c1ccc(-c2nc(-c3ccccc3)nc(-c3cccc(-c4nc(-c5ccccc5)nc(-c5ccccc5)n4)c3-n3c4ccccc4c4cc(-c5ccncc5)ccc43)n2)cc1. The predicted octanol–water partition coefficient (Wildman–Crippen LogP) is 12.2. The van der Waals surface area contributed by atoms with Gasteiger partial charge in [0.2, 0.25) is 0 Å². The molecule has 0 N–H and O–H groups in total. The van der Waals surface area contributed by atoms with Crippen LogP contribution in [0, 0.1) is 0 Å². The molecule has 0 aliphatic rings. The lowest BCUT2D eigenvalue weighted by Crippen LogP contribution is -2.07. The van der Waals surface area contributed by atoms with E-state index in [9.17, 15) is 0 Å². The topological polar surface area (TPSA) is 95.2 Å². The Hall–Kier alpha value is -8.49. The number of para-hydroxylation sites is 2. The number of aromatic nitrogens is 8. The van der Waals surface area contributed by atoms with Crippen LogP contribution >= 0.6 is 0 Å². The van der Waals surface area contributed by atoms with Crippen LogP contribution in [0.25, 0.3) is 107 Å². The fraction of sp³-hybridized carbons (Fsp3) is 0. The molecule has 0 saturated heterocycles. The molecule has 8 nitrogen and oxygen atoms in total. The smallest absolute Gasteiger partial charge is 0.166 e. The van der Waals surface area contributed by atoms with Gasteiger partial charge >= 0.3 is 0 Å². The van der Waals surface area contributed by atoms with E-state index in [1.54, 1.807) is 0 Å². The van der Waals surface area contributed by atoms with Gasteiger partial charge in [0.25, 0.3) is 0 Å². The highest BCUT2D eigenvalue weighted by Gasteiger charge is 2.25. The first kappa shape index (κ1) is 35.7. The molecule has 286 valence electrons. The standard InChI is InChI=1S/C53H34N8/c1-5-16-36(17-6-1)48-55-49(37-18-7-2-8-19-37)58-52(57-48)42-25-15-26-43(53-59-50(38-20-9-3-10-21-38)56-51(60-53)39-22-11-4-12-23-39)47(42)61-45-27-14-13-24-41(45)44-34-40(28-29-46(44)61)35-30-32-54-33-31-35/h1-34H. The fourth-order valence-electron chi connectivity index (χ4n) is 7.94. The van der Waals surface area contributed by atoms with Crippen molar-refractivity contribution in [3.05, 3.63) is 207 Å². The lowest BCUT2D eigenvalue weighted by molar-refractivity contribution is 1.05. The lowest BCUT2D eigenvalue weighted by Gasteiger charge is -2.19. The van der Waals surface area contributed by atoms with E-state index < -0.39 is 0 Å². The summed E-state index contributed by atoms with van der Waals surface area (Å²) in [6, 6.07) is 65.6. The van der Waals surface area contributed by atoms with Gasteiger partial charge in [0.15, 0.2) is 34.9 Å². The van der Waals surface area contributed by atoms with Gasteiger partial charge in [0.05, 0.1) is 16.7 Å². The van der Waals surface area contributed by atoms with Crippen molar-refractivity contribution >= 4 is 21.8 Å². The summed E-state index contributed by atoms with van der Waals surface area (Å²) in [5.74, 6) is 3.32. The van der Waals surface area contributed by atoms with Crippen LogP contribution in [0.3, 0.4) is 0 Å². The minimum absolute atomic E-state index is 0.518. The van der Waals surface area contributed by atoms with Crippen LogP contribution in [0.4, 0.5) is 0 Å². The second kappa shape index (κ2) is 15.4. The van der Waals surface area contributed by atoms with Crippen LogP contribution in [-0.4, -0.2) is 39.5 Å². The summed E-state index contributed by atoms with van der Waals surface area (Å²) in [5, 5.41) is 2.20. The number of hydrogen-bond donors (Lipinski definition) is 0. The summed E-state index contributed by atoms with van der Waals surface area (Å²) in [5.41, 5.74) is 10.2. The van der Waals surface area contributed by atoms with Gasteiger partial charge in [-0.25, -0.2) is 29.9 Å². The molecular formula is C53H34N8. The average molecular weight is 783 g/mol. The highest BCUT2D eigenvalue weighted by Crippen LogP contribution is 2.42. The summed E-state index contributed by atoms with van der Waals surface area (Å²) in [4.78, 5) is 35.4. The van der Waals surface area contributed by atoms with Crippen LogP contribution in [0.5, 0.6) is 0 Å². The molecule has 11 rings (SSSR count). The zero-order valence-corrected chi connectivity index (χ0v) is 32.7. The number of rotatable bonds is 8. The molecule has 0 saturated carbocycles. The van der Waals surface area contributed by atoms with Crippen molar-refractivity contribution < 1.29 is 0 Å². The third-order valence-electron chi connectivity index (χ3n) is 10.8. The Balaban J connectivity index is 1.25. The maximum absolute atomic E-state index is 5.25. The molecule has 0 radical (unpaired) electrons. The molecule has 4 aromatic heterocycles. The van der Waals surface area contributed by atoms with E-state index in [2.05, 4.69) is 64.1 Å². The van der Waals surface area contributed by atoms with Gasteiger partial charge in [-0.2, -0.15) is 0 Å². The number of benzene rings is 7. The molecule has 7 aromatic carbocycles. The van der Waals surface area contributed by atoms with Crippen molar-refractivity contribution in [2.75, 3.05) is 0 Å². The number of nitrogens with zero attached hydrogens (tertiary/aromatic N) is 8. The van der Waals surface area contributed by atoms with Crippen molar-refractivity contribution in [2.24, 2.45) is 0 Å². The Labute approximate surface area is 351 Å². The molecule has 0 bridgehead atoms. The molecule has 0 aliphatic carbocycles.